The Labute approximate surface area is 156 Å². The second-order valence-corrected chi connectivity index (χ2v) is 6.86. The molecule has 2 aromatic rings. The smallest absolute Gasteiger partial charge is 0.258 e. The molecule has 1 atom stereocenters. The summed E-state index contributed by atoms with van der Waals surface area (Å²) < 4.78 is 0. The van der Waals surface area contributed by atoms with Crippen molar-refractivity contribution in [1.82, 2.24) is 9.97 Å². The van der Waals surface area contributed by atoms with Crippen LogP contribution in [0.1, 0.15) is 37.2 Å². The Hall–Kier alpha value is -3.16. The van der Waals surface area contributed by atoms with Crippen LogP contribution in [0.4, 0.5) is 17.5 Å². The number of hydrogen-bond donors (Lipinski definition) is 3. The standard InChI is InChI=1S/C19H21N5O3/c25-14-11-13(17(26)20-12-7-3-1-4-8-12)15-16(21-14)22-19(23-18(15)27)24-9-5-2-6-10-24/h1,3-4,7-8,13H,2,5-6,9-11H2,(H,20,26)(H2,21,22,23,25,27). The molecule has 1 saturated heterocycles. The summed E-state index contributed by atoms with van der Waals surface area (Å²) in [5.74, 6) is -0.957. The van der Waals surface area contributed by atoms with E-state index in [9.17, 15) is 14.4 Å². The molecule has 140 valence electrons. The number of para-hydroxylation sites is 1. The van der Waals surface area contributed by atoms with E-state index in [1.165, 1.54) is 0 Å². The third kappa shape index (κ3) is 3.55. The highest BCUT2D eigenvalue weighted by atomic mass is 16.2. The molecule has 8 heteroatoms. The molecule has 4 rings (SSSR count). The number of anilines is 3. The van der Waals surface area contributed by atoms with E-state index in [1.807, 2.05) is 11.0 Å². The Morgan fingerprint density at radius 1 is 1.11 bits per heavy atom. The van der Waals surface area contributed by atoms with Gasteiger partial charge in [0.1, 0.15) is 5.82 Å². The molecule has 2 amide bonds. The van der Waals surface area contributed by atoms with Crippen molar-refractivity contribution >= 4 is 29.3 Å². The van der Waals surface area contributed by atoms with Crippen LogP contribution in [0.2, 0.25) is 0 Å². The number of aromatic nitrogens is 2. The fourth-order valence-electron chi connectivity index (χ4n) is 3.59. The first-order chi connectivity index (χ1) is 13.1. The van der Waals surface area contributed by atoms with Crippen molar-refractivity contribution in [3.8, 4) is 0 Å². The number of benzene rings is 1. The molecular weight excluding hydrogens is 346 g/mol. The van der Waals surface area contributed by atoms with E-state index in [4.69, 9.17) is 0 Å². The Morgan fingerprint density at radius 3 is 2.59 bits per heavy atom. The van der Waals surface area contributed by atoms with Crippen LogP contribution in [0, 0.1) is 0 Å². The maximum absolute atomic E-state index is 12.7. The van der Waals surface area contributed by atoms with Gasteiger partial charge in [-0.3, -0.25) is 19.4 Å². The number of nitrogens with one attached hydrogen (secondary N) is 3. The maximum Gasteiger partial charge on any atom is 0.258 e. The number of carbonyl (C=O) groups excluding carboxylic acids is 2. The summed E-state index contributed by atoms with van der Waals surface area (Å²) in [6.45, 7) is 1.63. The van der Waals surface area contributed by atoms with Crippen molar-refractivity contribution in [3.63, 3.8) is 0 Å². The van der Waals surface area contributed by atoms with E-state index >= 15 is 0 Å². The summed E-state index contributed by atoms with van der Waals surface area (Å²) in [5, 5.41) is 5.42. The zero-order valence-electron chi connectivity index (χ0n) is 14.8. The van der Waals surface area contributed by atoms with Crippen molar-refractivity contribution in [1.29, 1.82) is 0 Å². The summed E-state index contributed by atoms with van der Waals surface area (Å²) in [7, 11) is 0. The summed E-state index contributed by atoms with van der Waals surface area (Å²) in [6, 6.07) is 8.95. The van der Waals surface area contributed by atoms with Crippen molar-refractivity contribution in [2.45, 2.75) is 31.6 Å². The molecule has 8 nitrogen and oxygen atoms in total. The van der Waals surface area contributed by atoms with Crippen LogP contribution in [-0.2, 0) is 9.59 Å². The SMILES string of the molecule is O=C1CC(C(=O)Nc2ccccc2)c2c(nc(N3CCCCC3)[nH]c2=O)N1. The molecule has 3 heterocycles. The molecule has 27 heavy (non-hydrogen) atoms. The molecule has 1 aromatic heterocycles. The van der Waals surface area contributed by atoms with Gasteiger partial charge in [-0.15, -0.1) is 0 Å². The predicted molar refractivity (Wildman–Crippen MR) is 102 cm³/mol. The Kier molecular flexibility index (Phi) is 4.62. The molecule has 0 aliphatic carbocycles. The molecule has 3 N–H and O–H groups in total. The Bertz CT molecular complexity index is 919. The van der Waals surface area contributed by atoms with Gasteiger partial charge < -0.3 is 15.5 Å². The first-order valence-corrected chi connectivity index (χ1v) is 9.17. The fraction of sp³-hybridized carbons (Fsp3) is 0.368. The number of rotatable bonds is 3. The van der Waals surface area contributed by atoms with Crippen molar-refractivity contribution in [2.24, 2.45) is 0 Å². The van der Waals surface area contributed by atoms with Gasteiger partial charge in [0.15, 0.2) is 0 Å². The number of H-pyrrole nitrogens is 1. The monoisotopic (exact) mass is 367 g/mol. The van der Waals surface area contributed by atoms with Crippen LogP contribution >= 0.6 is 0 Å². The number of aromatic amines is 1. The molecule has 0 bridgehead atoms. The van der Waals surface area contributed by atoms with E-state index < -0.39 is 11.8 Å². The van der Waals surface area contributed by atoms with Gasteiger partial charge in [-0.1, -0.05) is 18.2 Å². The van der Waals surface area contributed by atoms with Crippen LogP contribution in [0.5, 0.6) is 0 Å². The minimum atomic E-state index is -0.874. The number of nitrogens with zero attached hydrogens (tertiary/aromatic N) is 2. The van der Waals surface area contributed by atoms with Gasteiger partial charge in [0.05, 0.1) is 11.5 Å². The van der Waals surface area contributed by atoms with E-state index in [0.29, 0.717) is 11.6 Å². The highest BCUT2D eigenvalue weighted by Gasteiger charge is 2.35. The third-order valence-electron chi connectivity index (χ3n) is 4.95. The summed E-state index contributed by atoms with van der Waals surface area (Å²) in [5.41, 5.74) is 0.446. The molecule has 2 aliphatic rings. The number of carbonyl (C=O) groups is 2. The first kappa shape index (κ1) is 17.3. The highest BCUT2D eigenvalue weighted by molar-refractivity contribution is 6.04. The van der Waals surface area contributed by atoms with Crippen molar-refractivity contribution < 1.29 is 9.59 Å². The largest absolute Gasteiger partial charge is 0.342 e. The van der Waals surface area contributed by atoms with E-state index in [1.54, 1.807) is 24.3 Å². The number of fused-ring (bicyclic) bond motifs is 1. The highest BCUT2D eigenvalue weighted by Crippen LogP contribution is 2.30. The van der Waals surface area contributed by atoms with Gasteiger partial charge in [0, 0.05) is 25.2 Å². The molecule has 2 aliphatic heterocycles. The maximum atomic E-state index is 12.7. The van der Waals surface area contributed by atoms with Gasteiger partial charge in [0.2, 0.25) is 17.8 Å². The molecule has 0 saturated carbocycles. The minimum Gasteiger partial charge on any atom is -0.342 e. The summed E-state index contributed by atoms with van der Waals surface area (Å²) in [4.78, 5) is 46.9. The van der Waals surface area contributed by atoms with Crippen molar-refractivity contribution in [3.05, 3.63) is 46.2 Å². The average molecular weight is 367 g/mol. The predicted octanol–water partition coefficient (Wildman–Crippen LogP) is 1.82. The Balaban J connectivity index is 1.66. The second-order valence-electron chi connectivity index (χ2n) is 6.86. The lowest BCUT2D eigenvalue weighted by molar-refractivity contribution is -0.123. The topological polar surface area (TPSA) is 107 Å². The molecule has 0 radical (unpaired) electrons. The zero-order chi connectivity index (χ0) is 18.8. The third-order valence-corrected chi connectivity index (χ3v) is 4.95. The normalized spacial score (nSPS) is 19.2. The van der Waals surface area contributed by atoms with E-state index in [-0.39, 0.29) is 29.3 Å². The van der Waals surface area contributed by atoms with Gasteiger partial charge in [0.25, 0.3) is 5.56 Å². The summed E-state index contributed by atoms with van der Waals surface area (Å²) in [6.07, 6.45) is 3.15. The fourth-order valence-corrected chi connectivity index (χ4v) is 3.59. The van der Waals surface area contributed by atoms with Gasteiger partial charge >= 0.3 is 0 Å². The van der Waals surface area contributed by atoms with Crippen LogP contribution < -0.4 is 21.1 Å². The van der Waals surface area contributed by atoms with Gasteiger partial charge in [-0.05, 0) is 31.4 Å². The lowest BCUT2D eigenvalue weighted by Crippen LogP contribution is -2.38. The van der Waals surface area contributed by atoms with Crippen molar-refractivity contribution in [2.75, 3.05) is 28.6 Å². The molecule has 0 spiro atoms. The number of amides is 2. The van der Waals surface area contributed by atoms with Crippen LogP contribution in [0.15, 0.2) is 35.1 Å². The second kappa shape index (κ2) is 7.22. The minimum absolute atomic E-state index is 0.0838. The van der Waals surface area contributed by atoms with Gasteiger partial charge in [-0.25, -0.2) is 0 Å². The molecule has 1 fully saturated rings. The van der Waals surface area contributed by atoms with Crippen LogP contribution in [0.3, 0.4) is 0 Å². The first-order valence-electron chi connectivity index (χ1n) is 9.17. The number of piperidine rings is 1. The summed E-state index contributed by atoms with van der Waals surface area (Å²) >= 11 is 0. The van der Waals surface area contributed by atoms with E-state index in [0.717, 1.165) is 32.4 Å². The molecular formula is C19H21N5O3. The Morgan fingerprint density at radius 2 is 1.85 bits per heavy atom. The van der Waals surface area contributed by atoms with Gasteiger partial charge in [-0.2, -0.15) is 4.98 Å². The van der Waals surface area contributed by atoms with Crippen LogP contribution in [-0.4, -0.2) is 34.9 Å². The molecule has 1 unspecified atom stereocenters. The van der Waals surface area contributed by atoms with Crippen LogP contribution in [0.25, 0.3) is 0 Å². The van der Waals surface area contributed by atoms with E-state index in [2.05, 4.69) is 20.6 Å². The quantitative estimate of drug-likeness (QED) is 0.767. The zero-order valence-corrected chi connectivity index (χ0v) is 14.8. The average Bonchev–Trinajstić information content (AvgIpc) is 2.68. The molecule has 1 aromatic carbocycles. The lowest BCUT2D eigenvalue weighted by Gasteiger charge is -2.29. The lowest BCUT2D eigenvalue weighted by atomic mass is 9.92. The number of hydrogen-bond acceptors (Lipinski definition) is 5.